The van der Waals surface area contributed by atoms with Gasteiger partial charge in [0.1, 0.15) is 0 Å². The van der Waals surface area contributed by atoms with Gasteiger partial charge in [-0.3, -0.25) is 4.79 Å². The summed E-state index contributed by atoms with van der Waals surface area (Å²) in [7, 11) is 0. The number of rotatable bonds is 7. The van der Waals surface area contributed by atoms with E-state index in [0.717, 1.165) is 19.4 Å². The summed E-state index contributed by atoms with van der Waals surface area (Å²) in [4.78, 5) is 14.5. The molecule has 0 saturated carbocycles. The van der Waals surface area contributed by atoms with Crippen LogP contribution in [0.2, 0.25) is 0 Å². The molecule has 1 heterocycles. The number of benzene rings is 1. The van der Waals surface area contributed by atoms with E-state index in [-0.39, 0.29) is 17.4 Å². The van der Waals surface area contributed by atoms with Gasteiger partial charge in [0.2, 0.25) is 5.91 Å². The molecule has 1 aromatic carbocycles. The standard InChI is InChI=1S/C19H27NO2/c1-4-19(2,3)13-18(21)20-12-8-11-17(20)15-22-14-16-9-6-5-7-10-16/h4-7,9-10,17H,1,8,11-15H2,2-3H3/t17-/m0/s1. The van der Waals surface area contributed by atoms with Crippen molar-refractivity contribution in [1.82, 2.24) is 4.90 Å². The van der Waals surface area contributed by atoms with Gasteiger partial charge < -0.3 is 9.64 Å². The molecule has 0 radical (unpaired) electrons. The van der Waals surface area contributed by atoms with Crippen molar-refractivity contribution in [1.29, 1.82) is 0 Å². The van der Waals surface area contributed by atoms with E-state index in [2.05, 4.69) is 32.6 Å². The number of ether oxygens (including phenoxy) is 1. The minimum Gasteiger partial charge on any atom is -0.375 e. The molecule has 0 unspecified atom stereocenters. The molecule has 1 saturated heterocycles. The van der Waals surface area contributed by atoms with Crippen molar-refractivity contribution in [2.45, 2.75) is 45.8 Å². The molecule has 1 fully saturated rings. The lowest BCUT2D eigenvalue weighted by molar-refractivity contribution is -0.134. The second-order valence-electron chi connectivity index (χ2n) is 6.75. The van der Waals surface area contributed by atoms with Crippen molar-refractivity contribution < 1.29 is 9.53 Å². The fourth-order valence-corrected chi connectivity index (χ4v) is 2.79. The van der Waals surface area contributed by atoms with Crippen LogP contribution >= 0.6 is 0 Å². The van der Waals surface area contributed by atoms with Crippen molar-refractivity contribution in [2.24, 2.45) is 5.41 Å². The molecule has 120 valence electrons. The summed E-state index contributed by atoms with van der Waals surface area (Å²) in [5.74, 6) is 0.218. The first-order valence-corrected chi connectivity index (χ1v) is 8.06. The second-order valence-corrected chi connectivity index (χ2v) is 6.75. The lowest BCUT2D eigenvalue weighted by Crippen LogP contribution is -2.39. The summed E-state index contributed by atoms with van der Waals surface area (Å²) in [5.41, 5.74) is 1.03. The molecule has 1 aliphatic heterocycles. The highest BCUT2D eigenvalue weighted by Gasteiger charge is 2.31. The molecule has 3 heteroatoms. The molecular weight excluding hydrogens is 274 g/mol. The Kier molecular flexibility index (Phi) is 5.78. The second kappa shape index (κ2) is 7.59. The highest BCUT2D eigenvalue weighted by molar-refractivity contribution is 5.77. The van der Waals surface area contributed by atoms with Crippen LogP contribution in [0.25, 0.3) is 0 Å². The van der Waals surface area contributed by atoms with E-state index < -0.39 is 0 Å². The number of allylic oxidation sites excluding steroid dienone is 1. The monoisotopic (exact) mass is 301 g/mol. The quantitative estimate of drug-likeness (QED) is 0.717. The highest BCUT2D eigenvalue weighted by Crippen LogP contribution is 2.26. The molecule has 22 heavy (non-hydrogen) atoms. The summed E-state index contributed by atoms with van der Waals surface area (Å²) in [6.45, 7) is 10.0. The molecule has 0 bridgehead atoms. The van der Waals surface area contributed by atoms with E-state index in [1.165, 1.54) is 5.56 Å². The molecule has 1 atom stereocenters. The van der Waals surface area contributed by atoms with E-state index in [0.29, 0.717) is 19.6 Å². The minimum atomic E-state index is -0.144. The average molecular weight is 301 g/mol. The smallest absolute Gasteiger partial charge is 0.223 e. The molecule has 0 N–H and O–H groups in total. The Bertz CT molecular complexity index is 495. The Labute approximate surface area is 134 Å². The van der Waals surface area contributed by atoms with Gasteiger partial charge in [-0.1, -0.05) is 50.3 Å². The van der Waals surface area contributed by atoms with Gasteiger partial charge in [-0.15, -0.1) is 6.58 Å². The largest absolute Gasteiger partial charge is 0.375 e. The molecule has 0 aromatic heterocycles. The fraction of sp³-hybridized carbons (Fsp3) is 0.526. The van der Waals surface area contributed by atoms with E-state index >= 15 is 0 Å². The molecule has 1 aliphatic rings. The third kappa shape index (κ3) is 4.70. The zero-order chi connectivity index (χ0) is 16.0. The van der Waals surface area contributed by atoms with Crippen LogP contribution in [0.5, 0.6) is 0 Å². The van der Waals surface area contributed by atoms with Gasteiger partial charge in [0.15, 0.2) is 0 Å². The van der Waals surface area contributed by atoms with Crippen LogP contribution in [-0.4, -0.2) is 30.0 Å². The summed E-state index contributed by atoms with van der Waals surface area (Å²) in [6, 6.07) is 10.4. The maximum Gasteiger partial charge on any atom is 0.223 e. The zero-order valence-corrected chi connectivity index (χ0v) is 13.8. The number of carbonyl (C=O) groups excluding carboxylic acids is 1. The summed E-state index contributed by atoms with van der Waals surface area (Å²) < 4.78 is 5.83. The number of hydrogen-bond acceptors (Lipinski definition) is 2. The SMILES string of the molecule is C=CC(C)(C)CC(=O)N1CCC[C@H]1COCc1ccccc1. The van der Waals surface area contributed by atoms with Gasteiger partial charge in [0, 0.05) is 13.0 Å². The third-order valence-electron chi connectivity index (χ3n) is 4.28. The molecule has 2 rings (SSSR count). The first-order valence-electron chi connectivity index (χ1n) is 8.06. The van der Waals surface area contributed by atoms with E-state index in [1.54, 1.807) is 0 Å². The first kappa shape index (κ1) is 16.8. The van der Waals surface area contributed by atoms with Crippen molar-refractivity contribution >= 4 is 5.91 Å². The van der Waals surface area contributed by atoms with Gasteiger partial charge in [-0.25, -0.2) is 0 Å². The number of nitrogens with zero attached hydrogens (tertiary/aromatic N) is 1. The lowest BCUT2D eigenvalue weighted by Gasteiger charge is -2.28. The van der Waals surface area contributed by atoms with Gasteiger partial charge in [-0.2, -0.15) is 0 Å². The van der Waals surface area contributed by atoms with Crippen LogP contribution in [0, 0.1) is 5.41 Å². The fourth-order valence-electron chi connectivity index (χ4n) is 2.79. The van der Waals surface area contributed by atoms with Gasteiger partial charge in [-0.05, 0) is 23.8 Å². The van der Waals surface area contributed by atoms with Crippen LogP contribution < -0.4 is 0 Å². The van der Waals surface area contributed by atoms with E-state index in [4.69, 9.17) is 4.74 Å². The Hall–Kier alpha value is -1.61. The topological polar surface area (TPSA) is 29.5 Å². The molecule has 3 nitrogen and oxygen atoms in total. The Morgan fingerprint density at radius 3 is 2.82 bits per heavy atom. The molecule has 1 amide bonds. The van der Waals surface area contributed by atoms with Gasteiger partial charge in [0.05, 0.1) is 19.3 Å². The highest BCUT2D eigenvalue weighted by atomic mass is 16.5. The number of amides is 1. The average Bonchev–Trinajstić information content (AvgIpc) is 2.96. The van der Waals surface area contributed by atoms with Crippen molar-refractivity contribution in [3.05, 3.63) is 48.6 Å². The first-order chi connectivity index (χ1) is 10.5. The molecule has 0 aliphatic carbocycles. The van der Waals surface area contributed by atoms with Crippen molar-refractivity contribution in [3.8, 4) is 0 Å². The Morgan fingerprint density at radius 2 is 2.14 bits per heavy atom. The van der Waals surface area contributed by atoms with Crippen LogP contribution in [0.1, 0.15) is 38.7 Å². The summed E-state index contributed by atoms with van der Waals surface area (Å²) >= 11 is 0. The van der Waals surface area contributed by atoms with Gasteiger partial charge in [0.25, 0.3) is 0 Å². The van der Waals surface area contributed by atoms with Crippen molar-refractivity contribution in [3.63, 3.8) is 0 Å². The van der Waals surface area contributed by atoms with Gasteiger partial charge >= 0.3 is 0 Å². The van der Waals surface area contributed by atoms with Crippen LogP contribution in [0.4, 0.5) is 0 Å². The summed E-state index contributed by atoms with van der Waals surface area (Å²) in [6.07, 6.45) is 4.49. The Morgan fingerprint density at radius 1 is 1.41 bits per heavy atom. The van der Waals surface area contributed by atoms with Crippen LogP contribution in [0.3, 0.4) is 0 Å². The Balaban J connectivity index is 1.83. The number of carbonyl (C=O) groups is 1. The maximum absolute atomic E-state index is 12.5. The number of hydrogen-bond donors (Lipinski definition) is 0. The number of likely N-dealkylation sites (tertiary alicyclic amines) is 1. The summed E-state index contributed by atoms with van der Waals surface area (Å²) in [5, 5.41) is 0. The van der Waals surface area contributed by atoms with Crippen molar-refractivity contribution in [2.75, 3.05) is 13.2 Å². The minimum absolute atomic E-state index is 0.144. The maximum atomic E-state index is 12.5. The normalized spacial score (nSPS) is 18.5. The molecular formula is C19H27NO2. The predicted octanol–water partition coefficient (Wildman–Crippen LogP) is 3.80. The molecule has 0 spiro atoms. The predicted molar refractivity (Wildman–Crippen MR) is 89.4 cm³/mol. The zero-order valence-electron chi connectivity index (χ0n) is 13.8. The third-order valence-corrected chi connectivity index (χ3v) is 4.28. The van der Waals surface area contributed by atoms with Crippen LogP contribution in [0.15, 0.2) is 43.0 Å². The lowest BCUT2D eigenvalue weighted by atomic mass is 9.89. The molecule has 1 aromatic rings. The van der Waals surface area contributed by atoms with E-state index in [1.807, 2.05) is 29.2 Å². The van der Waals surface area contributed by atoms with Crippen LogP contribution in [-0.2, 0) is 16.1 Å². The van der Waals surface area contributed by atoms with E-state index in [9.17, 15) is 4.79 Å².